The number of rotatable bonds is 4. The summed E-state index contributed by atoms with van der Waals surface area (Å²) in [7, 11) is 0. The summed E-state index contributed by atoms with van der Waals surface area (Å²) < 4.78 is 0.688. The van der Waals surface area contributed by atoms with E-state index in [1.165, 1.54) is 0 Å². The second kappa shape index (κ2) is 5.49. The van der Waals surface area contributed by atoms with Crippen LogP contribution >= 0.6 is 27.5 Å². The van der Waals surface area contributed by atoms with Crippen LogP contribution in [0.1, 0.15) is 24.5 Å². The molecule has 5 heteroatoms. The molecule has 1 rings (SSSR count). The van der Waals surface area contributed by atoms with Gasteiger partial charge in [-0.1, -0.05) is 33.6 Å². The Labute approximate surface area is 101 Å². The smallest absolute Gasteiger partial charge is 0.303 e. The van der Waals surface area contributed by atoms with Gasteiger partial charge in [0, 0.05) is 15.9 Å². The van der Waals surface area contributed by atoms with E-state index in [4.69, 9.17) is 16.7 Å². The number of halogens is 2. The molecule has 1 aromatic rings. The summed E-state index contributed by atoms with van der Waals surface area (Å²) in [6.07, 6.45) is -0.654. The van der Waals surface area contributed by atoms with Crippen molar-refractivity contribution in [3.05, 3.63) is 33.3 Å². The van der Waals surface area contributed by atoms with Gasteiger partial charge in [0.1, 0.15) is 0 Å². The predicted molar refractivity (Wildman–Crippen MR) is 61.0 cm³/mol. The number of aliphatic carboxylic acids is 1. The van der Waals surface area contributed by atoms with Gasteiger partial charge in [-0.25, -0.2) is 0 Å². The van der Waals surface area contributed by atoms with Crippen molar-refractivity contribution in [3.63, 3.8) is 0 Å². The van der Waals surface area contributed by atoms with Gasteiger partial charge in [-0.15, -0.1) is 0 Å². The highest BCUT2D eigenvalue weighted by Gasteiger charge is 2.12. The topological polar surface area (TPSA) is 57.5 Å². The maximum Gasteiger partial charge on any atom is 0.303 e. The van der Waals surface area contributed by atoms with E-state index in [0.29, 0.717) is 15.1 Å². The van der Waals surface area contributed by atoms with Crippen LogP contribution in [0.5, 0.6) is 0 Å². The van der Waals surface area contributed by atoms with Crippen LogP contribution in [-0.4, -0.2) is 16.2 Å². The van der Waals surface area contributed by atoms with Crippen molar-refractivity contribution in [2.24, 2.45) is 0 Å². The minimum atomic E-state index is -0.917. The Balaban J connectivity index is 2.73. The third-order valence-corrected chi connectivity index (χ3v) is 2.87. The normalized spacial score (nSPS) is 12.5. The fourth-order valence-corrected chi connectivity index (χ4v) is 2.13. The van der Waals surface area contributed by atoms with E-state index in [2.05, 4.69) is 15.9 Å². The Hall–Kier alpha value is -0.580. The second-order valence-electron chi connectivity index (χ2n) is 3.11. The van der Waals surface area contributed by atoms with E-state index in [9.17, 15) is 9.90 Å². The van der Waals surface area contributed by atoms with Gasteiger partial charge < -0.3 is 10.2 Å². The van der Waals surface area contributed by atoms with Crippen molar-refractivity contribution < 1.29 is 15.0 Å². The molecule has 0 saturated carbocycles. The van der Waals surface area contributed by atoms with Crippen molar-refractivity contribution in [2.75, 3.05) is 0 Å². The zero-order valence-electron chi connectivity index (χ0n) is 7.78. The molecule has 2 N–H and O–H groups in total. The lowest BCUT2D eigenvalue weighted by Gasteiger charge is -2.11. The van der Waals surface area contributed by atoms with Gasteiger partial charge in [0.2, 0.25) is 0 Å². The first-order valence-electron chi connectivity index (χ1n) is 4.35. The highest BCUT2D eigenvalue weighted by atomic mass is 79.9. The molecule has 0 heterocycles. The lowest BCUT2D eigenvalue weighted by atomic mass is 10.1. The molecule has 1 unspecified atom stereocenters. The highest BCUT2D eigenvalue weighted by Crippen LogP contribution is 2.28. The number of aliphatic hydroxyl groups is 1. The van der Waals surface area contributed by atoms with Crippen molar-refractivity contribution in [1.82, 2.24) is 0 Å². The van der Waals surface area contributed by atoms with Gasteiger partial charge in [0.25, 0.3) is 0 Å². The average Bonchev–Trinajstić information content (AvgIpc) is 2.14. The van der Waals surface area contributed by atoms with Crippen molar-refractivity contribution in [3.8, 4) is 0 Å². The third-order valence-electron chi connectivity index (χ3n) is 1.95. The monoisotopic (exact) mass is 292 g/mol. The Kier molecular flexibility index (Phi) is 4.57. The Morgan fingerprint density at radius 2 is 2.20 bits per heavy atom. The molecule has 0 radical (unpaired) electrons. The Bertz CT molecular complexity index is 368. The van der Waals surface area contributed by atoms with E-state index in [1.807, 2.05) is 0 Å². The summed E-state index contributed by atoms with van der Waals surface area (Å²) >= 11 is 9.01. The number of carboxylic acids is 1. The number of carbonyl (C=O) groups is 1. The zero-order chi connectivity index (χ0) is 11.4. The van der Waals surface area contributed by atoms with Crippen LogP contribution in [0.25, 0.3) is 0 Å². The SMILES string of the molecule is O=C(O)CCC(O)c1ccc(Cl)cc1Br. The molecule has 0 aliphatic rings. The summed E-state index contributed by atoms with van der Waals surface area (Å²) in [5, 5.41) is 18.7. The quantitative estimate of drug-likeness (QED) is 0.897. The molecule has 82 valence electrons. The lowest BCUT2D eigenvalue weighted by Crippen LogP contribution is -2.03. The molecule has 0 bridgehead atoms. The maximum atomic E-state index is 10.3. The molecule has 1 atom stereocenters. The molecule has 0 spiro atoms. The molecule has 15 heavy (non-hydrogen) atoms. The van der Waals surface area contributed by atoms with Crippen LogP contribution in [0, 0.1) is 0 Å². The van der Waals surface area contributed by atoms with Crippen LogP contribution in [0.15, 0.2) is 22.7 Å². The lowest BCUT2D eigenvalue weighted by molar-refractivity contribution is -0.137. The molecule has 0 aliphatic carbocycles. The highest BCUT2D eigenvalue weighted by molar-refractivity contribution is 9.10. The number of aliphatic hydroxyl groups excluding tert-OH is 1. The van der Waals surface area contributed by atoms with Crippen molar-refractivity contribution in [2.45, 2.75) is 18.9 Å². The van der Waals surface area contributed by atoms with Crippen LogP contribution in [0.2, 0.25) is 5.02 Å². The van der Waals surface area contributed by atoms with Crippen molar-refractivity contribution >= 4 is 33.5 Å². The summed E-state index contributed by atoms with van der Waals surface area (Å²) in [6, 6.07) is 5.01. The van der Waals surface area contributed by atoms with E-state index in [0.717, 1.165) is 0 Å². The first-order valence-corrected chi connectivity index (χ1v) is 5.52. The summed E-state index contributed by atoms with van der Waals surface area (Å²) in [6.45, 7) is 0. The van der Waals surface area contributed by atoms with Crippen molar-refractivity contribution in [1.29, 1.82) is 0 Å². The molecular formula is C10H10BrClO3. The standard InChI is InChI=1S/C10H10BrClO3/c11-8-5-6(12)1-2-7(8)9(13)3-4-10(14)15/h1-2,5,9,13H,3-4H2,(H,14,15). The molecule has 0 saturated heterocycles. The van der Waals surface area contributed by atoms with E-state index >= 15 is 0 Å². The van der Waals surface area contributed by atoms with E-state index in [1.54, 1.807) is 18.2 Å². The fraction of sp³-hybridized carbons (Fsp3) is 0.300. The van der Waals surface area contributed by atoms with Gasteiger partial charge in [0.05, 0.1) is 6.10 Å². The van der Waals surface area contributed by atoms with Gasteiger partial charge >= 0.3 is 5.97 Å². The molecule has 1 aromatic carbocycles. The predicted octanol–water partition coefficient (Wildman–Crippen LogP) is 3.00. The summed E-state index contributed by atoms with van der Waals surface area (Å²) in [4.78, 5) is 10.3. The van der Waals surface area contributed by atoms with Gasteiger partial charge in [-0.05, 0) is 24.1 Å². The van der Waals surface area contributed by atoms with Gasteiger partial charge in [0.15, 0.2) is 0 Å². The van der Waals surface area contributed by atoms with Gasteiger partial charge in [-0.2, -0.15) is 0 Å². The number of hydrogen-bond donors (Lipinski definition) is 2. The molecule has 0 aromatic heterocycles. The summed E-state index contributed by atoms with van der Waals surface area (Å²) in [5.74, 6) is -0.917. The van der Waals surface area contributed by atoms with Gasteiger partial charge in [-0.3, -0.25) is 4.79 Å². The molecular weight excluding hydrogens is 283 g/mol. The number of carboxylic acid groups (broad SMARTS) is 1. The average molecular weight is 294 g/mol. The number of hydrogen-bond acceptors (Lipinski definition) is 2. The number of benzene rings is 1. The second-order valence-corrected chi connectivity index (χ2v) is 4.40. The third kappa shape index (κ3) is 3.81. The molecule has 3 nitrogen and oxygen atoms in total. The van der Waals surface area contributed by atoms with E-state index in [-0.39, 0.29) is 12.8 Å². The zero-order valence-corrected chi connectivity index (χ0v) is 10.1. The molecule has 0 aliphatic heterocycles. The van der Waals surface area contributed by atoms with E-state index < -0.39 is 12.1 Å². The molecule has 0 fully saturated rings. The van der Waals surface area contributed by atoms with Crippen LogP contribution in [0.3, 0.4) is 0 Å². The maximum absolute atomic E-state index is 10.3. The Morgan fingerprint density at radius 3 is 2.73 bits per heavy atom. The molecule has 0 amide bonds. The van der Waals surface area contributed by atoms with Crippen LogP contribution < -0.4 is 0 Å². The van der Waals surface area contributed by atoms with Crippen LogP contribution in [-0.2, 0) is 4.79 Å². The minimum absolute atomic E-state index is 0.0593. The Morgan fingerprint density at radius 1 is 1.53 bits per heavy atom. The largest absolute Gasteiger partial charge is 0.481 e. The van der Waals surface area contributed by atoms with Crippen LogP contribution in [0.4, 0.5) is 0 Å². The fourth-order valence-electron chi connectivity index (χ4n) is 1.19. The first-order chi connectivity index (χ1) is 7.00. The first kappa shape index (κ1) is 12.5. The summed E-state index contributed by atoms with van der Waals surface area (Å²) in [5.41, 5.74) is 0.653. The minimum Gasteiger partial charge on any atom is -0.481 e.